The lowest BCUT2D eigenvalue weighted by Crippen LogP contribution is -2.44. The summed E-state index contributed by atoms with van der Waals surface area (Å²) in [6.07, 6.45) is 6.17. The van der Waals surface area contributed by atoms with E-state index in [9.17, 15) is 14.4 Å². The summed E-state index contributed by atoms with van der Waals surface area (Å²) in [4.78, 5) is 39.5. The highest BCUT2D eigenvalue weighted by atomic mass is 32.1. The fourth-order valence-corrected chi connectivity index (χ4v) is 3.26. The van der Waals surface area contributed by atoms with Gasteiger partial charge in [0.05, 0.1) is 31.0 Å². The Labute approximate surface area is 201 Å². The van der Waals surface area contributed by atoms with Gasteiger partial charge in [-0.2, -0.15) is 0 Å². The van der Waals surface area contributed by atoms with Crippen LogP contribution in [0.15, 0.2) is 90.3 Å². The first kappa shape index (κ1) is 24.2. The van der Waals surface area contributed by atoms with E-state index >= 15 is 0 Å². The Bertz CT molecular complexity index is 1190. The molecule has 3 rings (SSSR count). The van der Waals surface area contributed by atoms with Gasteiger partial charge >= 0.3 is 11.9 Å². The number of ether oxygens (including phenoxy) is 2. The molecule has 0 atom stereocenters. The molecule has 0 unspecified atom stereocenters. The van der Waals surface area contributed by atoms with Gasteiger partial charge < -0.3 is 19.7 Å². The quantitative estimate of drug-likeness (QED) is 0.340. The number of anilines is 2. The lowest BCUT2D eigenvalue weighted by Gasteiger charge is -2.25. The molecular weight excluding hydrogens is 456 g/mol. The standard InChI is InChI=1S/C24H22N4O5S/c1-32-22(30)18-13-8-9-15-28(20(18)23(31)33-2)19-14-7-6-12-17(19)21(29)26-27-24(34)25-16-10-4-3-5-11-16/h3-15H,1-2H3,(H,26,29)(H2,25,27,34). The van der Waals surface area contributed by atoms with Crippen LogP contribution in [0.25, 0.3) is 0 Å². The average molecular weight is 479 g/mol. The molecule has 2 aromatic rings. The van der Waals surface area contributed by atoms with Crippen molar-refractivity contribution in [3.8, 4) is 0 Å². The first-order chi connectivity index (χ1) is 16.5. The summed E-state index contributed by atoms with van der Waals surface area (Å²) in [7, 11) is 2.41. The highest BCUT2D eigenvalue weighted by Gasteiger charge is 2.29. The van der Waals surface area contributed by atoms with Crippen LogP contribution in [0.2, 0.25) is 0 Å². The zero-order valence-corrected chi connectivity index (χ0v) is 19.2. The maximum Gasteiger partial charge on any atom is 0.355 e. The molecule has 10 heteroatoms. The number of nitrogens with zero attached hydrogens (tertiary/aromatic N) is 1. The third-order valence-electron chi connectivity index (χ3n) is 4.62. The van der Waals surface area contributed by atoms with Crippen LogP contribution in [0.3, 0.4) is 0 Å². The van der Waals surface area contributed by atoms with E-state index in [0.29, 0.717) is 5.69 Å². The number of esters is 2. The predicted octanol–water partition coefficient (Wildman–Crippen LogP) is 2.81. The number of thiocarbonyl (C=S) groups is 1. The van der Waals surface area contributed by atoms with Crippen molar-refractivity contribution < 1.29 is 23.9 Å². The van der Waals surface area contributed by atoms with E-state index in [2.05, 4.69) is 16.2 Å². The fraction of sp³-hybridized carbons (Fsp3) is 0.0833. The molecule has 0 spiro atoms. The predicted molar refractivity (Wildman–Crippen MR) is 132 cm³/mol. The number of nitrogens with one attached hydrogen (secondary N) is 3. The number of hydrogen-bond acceptors (Lipinski definition) is 7. The highest BCUT2D eigenvalue weighted by molar-refractivity contribution is 7.80. The minimum atomic E-state index is -0.779. The molecule has 0 saturated carbocycles. The van der Waals surface area contributed by atoms with E-state index in [4.69, 9.17) is 21.7 Å². The minimum Gasteiger partial charge on any atom is -0.465 e. The highest BCUT2D eigenvalue weighted by Crippen LogP contribution is 2.29. The molecule has 174 valence electrons. The largest absolute Gasteiger partial charge is 0.465 e. The zero-order valence-electron chi connectivity index (χ0n) is 18.4. The van der Waals surface area contributed by atoms with Crippen LogP contribution < -0.4 is 21.1 Å². The summed E-state index contributed by atoms with van der Waals surface area (Å²) in [5, 5.41) is 3.12. The Kier molecular flexibility index (Phi) is 8.14. The van der Waals surface area contributed by atoms with Crippen molar-refractivity contribution in [1.29, 1.82) is 0 Å². The van der Waals surface area contributed by atoms with Gasteiger partial charge in [0.15, 0.2) is 5.11 Å². The van der Waals surface area contributed by atoms with E-state index in [0.717, 1.165) is 5.69 Å². The molecule has 1 amide bonds. The molecule has 34 heavy (non-hydrogen) atoms. The van der Waals surface area contributed by atoms with Gasteiger partial charge in [0, 0.05) is 11.9 Å². The van der Waals surface area contributed by atoms with Crippen molar-refractivity contribution in [3.63, 3.8) is 0 Å². The van der Waals surface area contributed by atoms with Crippen LogP contribution in [0.1, 0.15) is 10.4 Å². The smallest absolute Gasteiger partial charge is 0.355 e. The molecule has 1 aliphatic rings. The van der Waals surface area contributed by atoms with Crippen molar-refractivity contribution in [2.75, 3.05) is 24.4 Å². The van der Waals surface area contributed by atoms with Crippen LogP contribution in [0.5, 0.6) is 0 Å². The molecule has 0 fully saturated rings. The summed E-state index contributed by atoms with van der Waals surface area (Å²) < 4.78 is 9.73. The summed E-state index contributed by atoms with van der Waals surface area (Å²) in [5.74, 6) is -2.04. The molecule has 0 bridgehead atoms. The maximum atomic E-state index is 13.0. The van der Waals surface area contributed by atoms with Crippen LogP contribution in [-0.2, 0) is 19.1 Å². The summed E-state index contributed by atoms with van der Waals surface area (Å²) in [6.45, 7) is 0. The molecule has 2 aromatic carbocycles. The van der Waals surface area contributed by atoms with Gasteiger partial charge in [-0.25, -0.2) is 9.59 Å². The number of para-hydroxylation sites is 2. The van der Waals surface area contributed by atoms with E-state index < -0.39 is 17.8 Å². The van der Waals surface area contributed by atoms with E-state index in [-0.39, 0.29) is 21.9 Å². The second-order valence-electron chi connectivity index (χ2n) is 6.73. The number of allylic oxidation sites excluding steroid dienone is 2. The minimum absolute atomic E-state index is 0.0269. The molecule has 9 nitrogen and oxygen atoms in total. The number of carbonyl (C=O) groups is 3. The zero-order chi connectivity index (χ0) is 24.5. The van der Waals surface area contributed by atoms with Crippen LogP contribution in [-0.4, -0.2) is 37.2 Å². The first-order valence-electron chi connectivity index (χ1n) is 10.0. The fourth-order valence-electron chi connectivity index (χ4n) is 3.09. The van der Waals surface area contributed by atoms with Crippen molar-refractivity contribution in [1.82, 2.24) is 10.9 Å². The van der Waals surface area contributed by atoms with Crippen molar-refractivity contribution >= 4 is 46.6 Å². The number of amides is 1. The van der Waals surface area contributed by atoms with Crippen molar-refractivity contribution in [3.05, 3.63) is 95.9 Å². The normalized spacial score (nSPS) is 12.5. The second kappa shape index (κ2) is 11.4. The van der Waals surface area contributed by atoms with Gasteiger partial charge in [0.1, 0.15) is 5.70 Å². The van der Waals surface area contributed by atoms with Crippen LogP contribution >= 0.6 is 12.2 Å². The van der Waals surface area contributed by atoms with Gasteiger partial charge in [-0.3, -0.25) is 15.6 Å². The summed E-state index contributed by atoms with van der Waals surface area (Å²) in [6, 6.07) is 15.8. The number of hydrogen-bond donors (Lipinski definition) is 3. The Hall–Kier alpha value is -4.44. The van der Waals surface area contributed by atoms with Crippen LogP contribution in [0.4, 0.5) is 11.4 Å². The monoisotopic (exact) mass is 478 g/mol. The Morgan fingerprint density at radius 2 is 1.53 bits per heavy atom. The average Bonchev–Trinajstić information content (AvgIpc) is 3.10. The van der Waals surface area contributed by atoms with E-state index in [1.165, 1.54) is 25.2 Å². The Morgan fingerprint density at radius 1 is 0.853 bits per heavy atom. The van der Waals surface area contributed by atoms with Crippen molar-refractivity contribution in [2.45, 2.75) is 0 Å². The Morgan fingerprint density at radius 3 is 2.24 bits per heavy atom. The van der Waals surface area contributed by atoms with Crippen molar-refractivity contribution in [2.24, 2.45) is 0 Å². The topological polar surface area (TPSA) is 109 Å². The summed E-state index contributed by atoms with van der Waals surface area (Å²) >= 11 is 5.22. The third kappa shape index (κ3) is 5.67. The number of carbonyl (C=O) groups excluding carboxylic acids is 3. The molecule has 0 saturated heterocycles. The lowest BCUT2D eigenvalue weighted by atomic mass is 10.1. The van der Waals surface area contributed by atoms with E-state index in [1.807, 2.05) is 30.3 Å². The van der Waals surface area contributed by atoms with Gasteiger partial charge in [-0.15, -0.1) is 0 Å². The number of methoxy groups -OCH3 is 2. The number of benzene rings is 2. The molecule has 0 radical (unpaired) electrons. The molecule has 1 heterocycles. The number of rotatable bonds is 5. The molecule has 0 aliphatic carbocycles. The van der Waals surface area contributed by atoms with Gasteiger partial charge in [0.25, 0.3) is 5.91 Å². The van der Waals surface area contributed by atoms with Crippen LogP contribution in [0, 0.1) is 0 Å². The summed E-state index contributed by atoms with van der Waals surface area (Å²) in [5.41, 5.74) is 6.33. The molecular formula is C24H22N4O5S. The number of hydrazine groups is 1. The Balaban J connectivity index is 1.89. The lowest BCUT2D eigenvalue weighted by molar-refractivity contribution is -0.139. The second-order valence-corrected chi connectivity index (χ2v) is 7.14. The SMILES string of the molecule is COC(=O)C1=C(C(=O)OC)N(c2ccccc2C(=O)NNC(=S)Nc2ccccc2)C=CC=C1. The van der Waals surface area contributed by atoms with E-state index in [1.54, 1.807) is 42.6 Å². The molecule has 3 N–H and O–H groups in total. The van der Waals surface area contributed by atoms with Gasteiger partial charge in [0.2, 0.25) is 0 Å². The molecule has 0 aromatic heterocycles. The molecule has 1 aliphatic heterocycles. The van der Waals surface area contributed by atoms with Gasteiger partial charge in [-0.1, -0.05) is 36.4 Å². The maximum absolute atomic E-state index is 13.0. The third-order valence-corrected chi connectivity index (χ3v) is 4.82. The first-order valence-corrected chi connectivity index (χ1v) is 10.4. The van der Waals surface area contributed by atoms with Gasteiger partial charge in [-0.05, 0) is 48.6 Å².